The molecule has 1 heterocycles. The van der Waals surface area contributed by atoms with E-state index in [0.29, 0.717) is 5.69 Å². The number of aromatic nitrogens is 2. The van der Waals surface area contributed by atoms with Gasteiger partial charge in [-0.2, -0.15) is 0 Å². The van der Waals surface area contributed by atoms with E-state index in [9.17, 15) is 14.4 Å². The van der Waals surface area contributed by atoms with Gasteiger partial charge in [0, 0.05) is 45.8 Å². The summed E-state index contributed by atoms with van der Waals surface area (Å²) in [5.41, 5.74) is 0.395. The second-order valence-corrected chi connectivity index (χ2v) is 5.20. The topological polar surface area (TPSA) is 76.3 Å². The molecule has 7 nitrogen and oxygen atoms in total. The molecule has 1 aromatic carbocycles. The molecule has 1 aromatic heterocycles. The first kappa shape index (κ1) is 15.6. The maximum absolute atomic E-state index is 12.2. The fourth-order valence-electron chi connectivity index (χ4n) is 2.01. The molecule has 1 N–H and O–H groups in total. The lowest BCUT2D eigenvalue weighted by Crippen LogP contribution is -2.40. The van der Waals surface area contributed by atoms with Crippen molar-refractivity contribution in [2.24, 2.45) is 14.1 Å². The van der Waals surface area contributed by atoms with E-state index < -0.39 is 17.2 Å². The Hall–Kier alpha value is -2.83. The first-order valence-electron chi connectivity index (χ1n) is 6.66. The molecule has 0 aliphatic rings. The fraction of sp³-hybridized carbons (Fsp3) is 0.267. The summed E-state index contributed by atoms with van der Waals surface area (Å²) in [7, 11) is 6.67. The van der Waals surface area contributed by atoms with Gasteiger partial charge in [-0.15, -0.1) is 0 Å². The van der Waals surface area contributed by atoms with Crippen LogP contribution in [0.25, 0.3) is 0 Å². The van der Waals surface area contributed by atoms with Crippen LogP contribution in [0.5, 0.6) is 0 Å². The average Bonchev–Trinajstić information content (AvgIpc) is 2.49. The third-order valence-corrected chi connectivity index (χ3v) is 3.33. The lowest BCUT2D eigenvalue weighted by molar-refractivity contribution is 0.102. The van der Waals surface area contributed by atoms with Gasteiger partial charge in [-0.05, 0) is 24.3 Å². The number of benzene rings is 1. The molecule has 22 heavy (non-hydrogen) atoms. The summed E-state index contributed by atoms with van der Waals surface area (Å²) in [6.07, 6.45) is 1.24. The zero-order valence-electron chi connectivity index (χ0n) is 13.0. The van der Waals surface area contributed by atoms with E-state index >= 15 is 0 Å². The molecule has 0 radical (unpaired) electrons. The molecule has 1 amide bonds. The Labute approximate surface area is 127 Å². The Morgan fingerprint density at radius 1 is 1.09 bits per heavy atom. The van der Waals surface area contributed by atoms with Crippen LogP contribution in [-0.4, -0.2) is 29.1 Å². The van der Waals surface area contributed by atoms with Crippen LogP contribution in [0.1, 0.15) is 10.4 Å². The first-order valence-corrected chi connectivity index (χ1v) is 6.66. The van der Waals surface area contributed by atoms with Crippen LogP contribution >= 0.6 is 0 Å². The van der Waals surface area contributed by atoms with Crippen molar-refractivity contribution in [3.63, 3.8) is 0 Å². The maximum atomic E-state index is 12.2. The molecule has 0 aliphatic heterocycles. The van der Waals surface area contributed by atoms with Gasteiger partial charge in [0.05, 0.1) is 0 Å². The zero-order valence-corrected chi connectivity index (χ0v) is 13.0. The third-order valence-electron chi connectivity index (χ3n) is 3.33. The van der Waals surface area contributed by atoms with E-state index in [0.717, 1.165) is 10.3 Å². The number of nitrogens with zero attached hydrogens (tertiary/aromatic N) is 3. The normalized spacial score (nSPS) is 10.4. The number of anilines is 2. The van der Waals surface area contributed by atoms with Crippen molar-refractivity contribution in [1.29, 1.82) is 0 Å². The summed E-state index contributed by atoms with van der Waals surface area (Å²) in [5, 5.41) is 2.65. The number of nitrogens with one attached hydrogen (secondary N) is 1. The Bertz CT molecular complexity index is 816. The Morgan fingerprint density at radius 2 is 1.68 bits per heavy atom. The highest BCUT2D eigenvalue weighted by molar-refractivity contribution is 6.03. The van der Waals surface area contributed by atoms with Crippen molar-refractivity contribution in [2.45, 2.75) is 0 Å². The van der Waals surface area contributed by atoms with Gasteiger partial charge in [-0.1, -0.05) is 0 Å². The number of amides is 1. The molecule has 0 unspecified atom stereocenters. The van der Waals surface area contributed by atoms with Crippen LogP contribution in [0.4, 0.5) is 11.4 Å². The largest absolute Gasteiger partial charge is 0.378 e. The van der Waals surface area contributed by atoms with Crippen LogP contribution in [0.2, 0.25) is 0 Å². The van der Waals surface area contributed by atoms with E-state index in [2.05, 4.69) is 5.32 Å². The molecule has 0 saturated heterocycles. The molecule has 0 bridgehead atoms. The summed E-state index contributed by atoms with van der Waals surface area (Å²) in [6, 6.07) is 7.21. The van der Waals surface area contributed by atoms with E-state index in [1.807, 2.05) is 31.1 Å². The Kier molecular flexibility index (Phi) is 4.16. The van der Waals surface area contributed by atoms with Gasteiger partial charge in [0.2, 0.25) is 0 Å². The van der Waals surface area contributed by atoms with Crippen molar-refractivity contribution in [3.05, 3.63) is 56.9 Å². The minimum absolute atomic E-state index is 0.0821. The molecule has 0 aliphatic carbocycles. The highest BCUT2D eigenvalue weighted by Crippen LogP contribution is 2.15. The first-order chi connectivity index (χ1) is 10.3. The van der Waals surface area contributed by atoms with Gasteiger partial charge < -0.3 is 14.8 Å². The van der Waals surface area contributed by atoms with Crippen molar-refractivity contribution in [1.82, 2.24) is 9.13 Å². The predicted octanol–water partition coefficient (Wildman–Crippen LogP) is 0.402. The number of carbonyl (C=O) groups is 1. The highest BCUT2D eigenvalue weighted by atomic mass is 16.2. The third kappa shape index (κ3) is 2.93. The standard InChI is InChI=1S/C15H18N4O3/c1-17(2)11-7-5-10(6-8-11)16-13(20)12-9-18(3)15(22)19(4)14(12)21/h5-9H,1-4H3,(H,16,20). The maximum Gasteiger partial charge on any atom is 0.330 e. The second-order valence-electron chi connectivity index (χ2n) is 5.20. The lowest BCUT2D eigenvalue weighted by Gasteiger charge is -2.13. The summed E-state index contributed by atoms with van der Waals surface area (Å²) in [4.78, 5) is 37.8. The van der Waals surface area contributed by atoms with Crippen molar-refractivity contribution >= 4 is 17.3 Å². The Morgan fingerprint density at radius 3 is 2.23 bits per heavy atom. The molecule has 2 rings (SSSR count). The van der Waals surface area contributed by atoms with Crippen LogP contribution in [-0.2, 0) is 14.1 Å². The number of rotatable bonds is 3. The molecule has 0 saturated carbocycles. The van der Waals surface area contributed by atoms with Crippen LogP contribution in [0, 0.1) is 0 Å². The van der Waals surface area contributed by atoms with Crippen LogP contribution in [0.3, 0.4) is 0 Å². The molecule has 7 heteroatoms. The van der Waals surface area contributed by atoms with Gasteiger partial charge >= 0.3 is 5.69 Å². The van der Waals surface area contributed by atoms with Gasteiger partial charge in [0.1, 0.15) is 5.56 Å². The van der Waals surface area contributed by atoms with E-state index in [1.54, 1.807) is 12.1 Å². The monoisotopic (exact) mass is 302 g/mol. The van der Waals surface area contributed by atoms with E-state index in [1.165, 1.54) is 24.9 Å². The number of carbonyl (C=O) groups excluding carboxylic acids is 1. The summed E-state index contributed by atoms with van der Waals surface area (Å²) < 4.78 is 2.11. The van der Waals surface area contributed by atoms with Gasteiger partial charge in [-0.25, -0.2) is 4.79 Å². The van der Waals surface area contributed by atoms with Crippen molar-refractivity contribution in [3.8, 4) is 0 Å². The van der Waals surface area contributed by atoms with Crippen LogP contribution in [0.15, 0.2) is 40.1 Å². The highest BCUT2D eigenvalue weighted by Gasteiger charge is 2.14. The molecule has 0 atom stereocenters. The molecule has 0 spiro atoms. The molecule has 0 fully saturated rings. The van der Waals surface area contributed by atoms with E-state index in [4.69, 9.17) is 0 Å². The average molecular weight is 302 g/mol. The Balaban J connectivity index is 2.30. The molecule has 116 valence electrons. The molecule has 2 aromatic rings. The predicted molar refractivity (Wildman–Crippen MR) is 85.6 cm³/mol. The molecular formula is C15H18N4O3. The number of hydrogen-bond donors (Lipinski definition) is 1. The van der Waals surface area contributed by atoms with Crippen LogP contribution < -0.4 is 21.5 Å². The van der Waals surface area contributed by atoms with Gasteiger partial charge in [-0.3, -0.25) is 14.2 Å². The minimum Gasteiger partial charge on any atom is -0.378 e. The number of hydrogen-bond acceptors (Lipinski definition) is 4. The number of aryl methyl sites for hydroxylation is 1. The van der Waals surface area contributed by atoms with Crippen molar-refractivity contribution < 1.29 is 4.79 Å². The summed E-state index contributed by atoms with van der Waals surface area (Å²) in [6.45, 7) is 0. The van der Waals surface area contributed by atoms with Gasteiger partial charge in [0.15, 0.2) is 0 Å². The fourth-order valence-corrected chi connectivity index (χ4v) is 2.01. The minimum atomic E-state index is -0.620. The van der Waals surface area contributed by atoms with Gasteiger partial charge in [0.25, 0.3) is 11.5 Å². The summed E-state index contributed by atoms with van der Waals surface area (Å²) in [5.74, 6) is -0.547. The molecular weight excluding hydrogens is 284 g/mol. The SMILES string of the molecule is CN(C)c1ccc(NC(=O)c2cn(C)c(=O)n(C)c2=O)cc1. The van der Waals surface area contributed by atoms with Crippen molar-refractivity contribution in [2.75, 3.05) is 24.3 Å². The van der Waals surface area contributed by atoms with E-state index in [-0.39, 0.29) is 5.56 Å². The smallest absolute Gasteiger partial charge is 0.330 e. The summed E-state index contributed by atoms with van der Waals surface area (Å²) >= 11 is 0. The zero-order chi connectivity index (χ0) is 16.4. The lowest BCUT2D eigenvalue weighted by atomic mass is 10.2. The quantitative estimate of drug-likeness (QED) is 0.890. The second kappa shape index (κ2) is 5.88.